The third-order valence-corrected chi connectivity index (χ3v) is 5.62. The smallest absolute Gasteiger partial charge is 0.224 e. The lowest BCUT2D eigenvalue weighted by atomic mass is 9.93. The molecule has 0 aromatic heterocycles. The number of carbonyl (C=O) groups excluding carboxylic acids is 1. The Kier molecular flexibility index (Phi) is 7.05. The van der Waals surface area contributed by atoms with Gasteiger partial charge in [0.15, 0.2) is 0 Å². The molecule has 1 N–H and O–H groups in total. The summed E-state index contributed by atoms with van der Waals surface area (Å²) in [6.07, 6.45) is 5.27. The lowest BCUT2D eigenvalue weighted by molar-refractivity contribution is -0.117. The van der Waals surface area contributed by atoms with Crippen molar-refractivity contribution in [1.82, 2.24) is 4.90 Å². The van der Waals surface area contributed by atoms with Crippen molar-refractivity contribution < 1.29 is 4.79 Å². The van der Waals surface area contributed by atoms with Crippen LogP contribution in [0.3, 0.4) is 0 Å². The van der Waals surface area contributed by atoms with Gasteiger partial charge in [0.05, 0.1) is 0 Å². The average Bonchev–Trinajstić information content (AvgIpc) is 2.66. The van der Waals surface area contributed by atoms with Crippen LogP contribution >= 0.6 is 0 Å². The Balaban J connectivity index is 1.35. The minimum atomic E-state index is 0.157. The first-order valence-corrected chi connectivity index (χ1v) is 10.2. The monoisotopic (exact) mass is 364 g/mol. The highest BCUT2D eigenvalue weighted by Crippen LogP contribution is 2.22. The second-order valence-electron chi connectivity index (χ2n) is 7.94. The Bertz CT molecular complexity index is 733. The number of carbonyl (C=O) groups is 1. The zero-order chi connectivity index (χ0) is 19.1. The van der Waals surface area contributed by atoms with E-state index in [0.29, 0.717) is 12.3 Å². The maximum Gasteiger partial charge on any atom is 0.224 e. The van der Waals surface area contributed by atoms with Crippen molar-refractivity contribution in [2.75, 3.05) is 25.0 Å². The summed E-state index contributed by atoms with van der Waals surface area (Å²) in [6, 6.07) is 16.9. The molecular formula is C24H32N2O. The van der Waals surface area contributed by atoms with Gasteiger partial charge in [-0.2, -0.15) is 0 Å². The van der Waals surface area contributed by atoms with Gasteiger partial charge in [-0.15, -0.1) is 0 Å². The predicted octanol–water partition coefficient (Wildman–Crippen LogP) is 4.98. The summed E-state index contributed by atoms with van der Waals surface area (Å²) in [5.74, 6) is 0.672. The first-order valence-electron chi connectivity index (χ1n) is 10.2. The fourth-order valence-electron chi connectivity index (χ4n) is 3.98. The van der Waals surface area contributed by atoms with Crippen LogP contribution in [-0.4, -0.2) is 30.4 Å². The number of likely N-dealkylation sites (tertiary alicyclic amines) is 1. The maximum atomic E-state index is 12.4. The van der Waals surface area contributed by atoms with E-state index in [0.717, 1.165) is 50.1 Å². The van der Waals surface area contributed by atoms with Crippen molar-refractivity contribution >= 4 is 11.6 Å². The van der Waals surface area contributed by atoms with Crippen LogP contribution < -0.4 is 5.32 Å². The van der Waals surface area contributed by atoms with E-state index in [9.17, 15) is 4.79 Å². The largest absolute Gasteiger partial charge is 0.326 e. The summed E-state index contributed by atoms with van der Waals surface area (Å²) in [5, 5.41) is 3.10. The van der Waals surface area contributed by atoms with Crippen molar-refractivity contribution in [3.8, 4) is 0 Å². The second-order valence-corrected chi connectivity index (χ2v) is 7.94. The fraction of sp³-hybridized carbons (Fsp3) is 0.458. The molecule has 2 aromatic carbocycles. The predicted molar refractivity (Wildman–Crippen MR) is 113 cm³/mol. The van der Waals surface area contributed by atoms with E-state index in [-0.39, 0.29) is 5.91 Å². The molecule has 144 valence electrons. The molecule has 2 aromatic rings. The molecule has 27 heavy (non-hydrogen) atoms. The summed E-state index contributed by atoms with van der Waals surface area (Å²) >= 11 is 0. The molecule has 0 radical (unpaired) electrons. The number of rotatable bonds is 7. The molecule has 1 aliphatic rings. The maximum absolute atomic E-state index is 12.4. The lowest BCUT2D eigenvalue weighted by Gasteiger charge is -2.31. The van der Waals surface area contributed by atoms with Crippen molar-refractivity contribution in [2.24, 2.45) is 5.92 Å². The number of amides is 1. The number of nitrogens with zero attached hydrogens (tertiary/aromatic N) is 1. The van der Waals surface area contributed by atoms with Gasteiger partial charge in [-0.3, -0.25) is 4.79 Å². The average molecular weight is 365 g/mol. The molecule has 1 aliphatic heterocycles. The molecule has 1 heterocycles. The van der Waals surface area contributed by atoms with Crippen LogP contribution in [0, 0.1) is 19.8 Å². The zero-order valence-electron chi connectivity index (χ0n) is 16.7. The summed E-state index contributed by atoms with van der Waals surface area (Å²) in [6.45, 7) is 7.53. The Hall–Kier alpha value is -2.13. The van der Waals surface area contributed by atoms with Gasteiger partial charge in [0.2, 0.25) is 5.91 Å². The van der Waals surface area contributed by atoms with Gasteiger partial charge in [-0.25, -0.2) is 0 Å². The Morgan fingerprint density at radius 1 is 1.07 bits per heavy atom. The van der Waals surface area contributed by atoms with E-state index >= 15 is 0 Å². The summed E-state index contributed by atoms with van der Waals surface area (Å²) in [5.41, 5.74) is 4.74. The van der Waals surface area contributed by atoms with Crippen molar-refractivity contribution in [1.29, 1.82) is 0 Å². The van der Waals surface area contributed by atoms with Gasteiger partial charge in [-0.05, 0) is 82.3 Å². The third kappa shape index (κ3) is 6.21. The highest BCUT2D eigenvalue weighted by molar-refractivity contribution is 5.91. The molecule has 0 saturated carbocycles. The van der Waals surface area contributed by atoms with Gasteiger partial charge in [0, 0.05) is 12.1 Å². The molecule has 3 rings (SSSR count). The molecule has 1 saturated heterocycles. The van der Waals surface area contributed by atoms with Gasteiger partial charge in [0.25, 0.3) is 0 Å². The number of piperidine rings is 1. The first kappa shape index (κ1) is 19.6. The second kappa shape index (κ2) is 9.70. The molecule has 0 aliphatic carbocycles. The number of hydrogen-bond donors (Lipinski definition) is 1. The van der Waals surface area contributed by atoms with Gasteiger partial charge in [0.1, 0.15) is 0 Å². The van der Waals surface area contributed by atoms with Gasteiger partial charge in [-0.1, -0.05) is 48.0 Å². The van der Waals surface area contributed by atoms with Crippen molar-refractivity contribution in [3.05, 3.63) is 65.2 Å². The third-order valence-electron chi connectivity index (χ3n) is 5.62. The molecule has 3 nitrogen and oxygen atoms in total. The van der Waals surface area contributed by atoms with E-state index in [2.05, 4.69) is 66.5 Å². The summed E-state index contributed by atoms with van der Waals surface area (Å²) in [7, 11) is 0. The topological polar surface area (TPSA) is 32.3 Å². The van der Waals surface area contributed by atoms with Crippen LogP contribution in [0.2, 0.25) is 0 Å². The number of anilines is 1. The Morgan fingerprint density at radius 3 is 2.52 bits per heavy atom. The van der Waals surface area contributed by atoms with Gasteiger partial charge < -0.3 is 10.2 Å². The molecule has 3 heteroatoms. The standard InChI is InChI=1S/C24H32N2O/c1-19-10-11-23(20(2)17-19)25-24(27)18-22-12-15-26(16-13-22)14-6-9-21-7-4-3-5-8-21/h3-5,7-8,10-11,17,22H,6,9,12-16,18H2,1-2H3,(H,25,27). The van der Waals surface area contributed by atoms with Crippen LogP contribution in [-0.2, 0) is 11.2 Å². The summed E-state index contributed by atoms with van der Waals surface area (Å²) < 4.78 is 0. The molecule has 0 unspecified atom stereocenters. The molecule has 1 fully saturated rings. The molecule has 0 atom stereocenters. The molecule has 0 spiro atoms. The Morgan fingerprint density at radius 2 is 1.81 bits per heavy atom. The van der Waals surface area contributed by atoms with Crippen LogP contribution in [0.1, 0.15) is 42.4 Å². The van der Waals surface area contributed by atoms with Gasteiger partial charge >= 0.3 is 0 Å². The normalized spacial score (nSPS) is 15.6. The quantitative estimate of drug-likeness (QED) is 0.752. The van der Waals surface area contributed by atoms with E-state index in [1.54, 1.807) is 0 Å². The van der Waals surface area contributed by atoms with E-state index in [1.807, 2.05) is 6.07 Å². The van der Waals surface area contributed by atoms with Crippen LogP contribution in [0.15, 0.2) is 48.5 Å². The lowest BCUT2D eigenvalue weighted by Crippen LogP contribution is -2.35. The highest BCUT2D eigenvalue weighted by Gasteiger charge is 2.21. The van der Waals surface area contributed by atoms with E-state index in [1.165, 1.54) is 17.5 Å². The molecule has 0 bridgehead atoms. The number of nitrogens with one attached hydrogen (secondary N) is 1. The van der Waals surface area contributed by atoms with E-state index < -0.39 is 0 Å². The van der Waals surface area contributed by atoms with Crippen molar-refractivity contribution in [3.63, 3.8) is 0 Å². The zero-order valence-corrected chi connectivity index (χ0v) is 16.7. The fourth-order valence-corrected chi connectivity index (χ4v) is 3.98. The van der Waals surface area contributed by atoms with Crippen LogP contribution in [0.25, 0.3) is 0 Å². The number of hydrogen-bond acceptors (Lipinski definition) is 2. The van der Waals surface area contributed by atoms with Crippen LogP contribution in [0.5, 0.6) is 0 Å². The van der Waals surface area contributed by atoms with Crippen LogP contribution in [0.4, 0.5) is 5.69 Å². The molecule has 1 amide bonds. The first-order chi connectivity index (χ1) is 13.1. The highest BCUT2D eigenvalue weighted by atomic mass is 16.1. The molecular weight excluding hydrogens is 332 g/mol. The number of aryl methyl sites for hydroxylation is 3. The Labute approximate surface area is 163 Å². The summed E-state index contributed by atoms with van der Waals surface area (Å²) in [4.78, 5) is 15.0. The minimum Gasteiger partial charge on any atom is -0.326 e. The minimum absolute atomic E-state index is 0.157. The number of benzene rings is 2. The SMILES string of the molecule is Cc1ccc(NC(=O)CC2CCN(CCCc3ccccc3)CC2)c(C)c1. The van der Waals surface area contributed by atoms with E-state index in [4.69, 9.17) is 0 Å². The van der Waals surface area contributed by atoms with Crippen molar-refractivity contribution in [2.45, 2.75) is 46.0 Å².